The van der Waals surface area contributed by atoms with Gasteiger partial charge >= 0.3 is 6.09 Å². The van der Waals surface area contributed by atoms with Gasteiger partial charge in [-0.2, -0.15) is 0 Å². The Morgan fingerprint density at radius 2 is 2.00 bits per heavy atom. The van der Waals surface area contributed by atoms with Crippen molar-refractivity contribution < 1.29 is 23.8 Å². The molecular weight excluding hydrogens is 286 g/mol. The van der Waals surface area contributed by atoms with Gasteiger partial charge in [-0.25, -0.2) is 4.79 Å². The van der Waals surface area contributed by atoms with Gasteiger partial charge in [-0.1, -0.05) is 0 Å². The molecule has 1 amide bonds. The average Bonchev–Trinajstić information content (AvgIpc) is 2.42. The summed E-state index contributed by atoms with van der Waals surface area (Å²) in [6, 6.07) is 0. The fraction of sp³-hybridized carbons (Fsp3) is 0.875. The Labute approximate surface area is 133 Å². The van der Waals surface area contributed by atoms with Crippen LogP contribution in [-0.2, 0) is 19.0 Å². The zero-order chi connectivity index (χ0) is 16.6. The van der Waals surface area contributed by atoms with Crippen LogP contribution in [0.2, 0.25) is 0 Å². The first-order chi connectivity index (χ1) is 10.3. The zero-order valence-corrected chi connectivity index (χ0v) is 14.2. The molecule has 1 unspecified atom stereocenters. The van der Waals surface area contributed by atoms with E-state index in [2.05, 4.69) is 0 Å². The number of hydrogen-bond acceptors (Lipinski definition) is 5. The monoisotopic (exact) mass is 315 g/mol. The molecule has 0 aromatic rings. The van der Waals surface area contributed by atoms with Crippen LogP contribution in [0, 0.1) is 5.92 Å². The first-order valence-electron chi connectivity index (χ1n) is 7.91. The van der Waals surface area contributed by atoms with E-state index < -0.39 is 5.60 Å². The zero-order valence-electron chi connectivity index (χ0n) is 14.2. The summed E-state index contributed by atoms with van der Waals surface area (Å²) in [7, 11) is 1.63. The number of hydrogen-bond donors (Lipinski definition) is 0. The molecule has 1 saturated heterocycles. The predicted octanol–water partition coefficient (Wildman–Crippen LogP) is 2.26. The van der Waals surface area contributed by atoms with Crippen LogP contribution in [0.5, 0.6) is 0 Å². The lowest BCUT2D eigenvalue weighted by molar-refractivity contribution is -0.126. The van der Waals surface area contributed by atoms with Crippen LogP contribution >= 0.6 is 0 Å². The third-order valence-corrected chi connectivity index (χ3v) is 3.45. The molecule has 0 radical (unpaired) electrons. The minimum Gasteiger partial charge on any atom is -0.444 e. The van der Waals surface area contributed by atoms with E-state index in [-0.39, 0.29) is 17.8 Å². The molecule has 0 N–H and O–H groups in total. The molecule has 128 valence electrons. The Hall–Kier alpha value is -1.14. The van der Waals surface area contributed by atoms with Crippen molar-refractivity contribution in [2.75, 3.05) is 40.0 Å². The number of nitrogens with zero attached hydrogens (tertiary/aromatic N) is 1. The number of ether oxygens (including phenoxy) is 3. The molecule has 0 bridgehead atoms. The van der Waals surface area contributed by atoms with E-state index in [9.17, 15) is 9.59 Å². The minimum atomic E-state index is -0.511. The highest BCUT2D eigenvalue weighted by molar-refractivity contribution is 5.84. The Morgan fingerprint density at radius 3 is 2.64 bits per heavy atom. The Bertz CT molecular complexity index is 364. The number of methoxy groups -OCH3 is 1. The van der Waals surface area contributed by atoms with Crippen molar-refractivity contribution in [2.45, 2.75) is 45.6 Å². The fourth-order valence-corrected chi connectivity index (χ4v) is 2.33. The highest BCUT2D eigenvalue weighted by Gasteiger charge is 2.31. The van der Waals surface area contributed by atoms with Gasteiger partial charge in [0.2, 0.25) is 0 Å². The van der Waals surface area contributed by atoms with E-state index in [4.69, 9.17) is 14.2 Å². The van der Waals surface area contributed by atoms with Gasteiger partial charge in [0.15, 0.2) is 0 Å². The second-order valence-corrected chi connectivity index (χ2v) is 6.59. The maximum absolute atomic E-state index is 12.1. The van der Waals surface area contributed by atoms with Crippen molar-refractivity contribution in [3.8, 4) is 0 Å². The topological polar surface area (TPSA) is 65.1 Å². The van der Waals surface area contributed by atoms with Crippen LogP contribution in [0.25, 0.3) is 0 Å². The van der Waals surface area contributed by atoms with E-state index >= 15 is 0 Å². The van der Waals surface area contributed by atoms with E-state index in [0.717, 1.165) is 12.8 Å². The molecule has 0 aromatic carbocycles. The molecule has 1 heterocycles. The summed E-state index contributed by atoms with van der Waals surface area (Å²) in [5, 5.41) is 0. The Kier molecular flexibility index (Phi) is 7.82. The van der Waals surface area contributed by atoms with Gasteiger partial charge in [0.25, 0.3) is 0 Å². The van der Waals surface area contributed by atoms with Crippen LogP contribution in [0.3, 0.4) is 0 Å². The Balaban J connectivity index is 2.34. The summed E-state index contributed by atoms with van der Waals surface area (Å²) in [6.45, 7) is 8.19. The third kappa shape index (κ3) is 7.22. The third-order valence-electron chi connectivity index (χ3n) is 3.45. The van der Waals surface area contributed by atoms with E-state index in [1.165, 1.54) is 0 Å². The summed E-state index contributed by atoms with van der Waals surface area (Å²) in [4.78, 5) is 25.7. The van der Waals surface area contributed by atoms with Crippen molar-refractivity contribution in [3.63, 3.8) is 0 Å². The molecule has 0 spiro atoms. The maximum Gasteiger partial charge on any atom is 0.410 e. The number of carbonyl (C=O) groups is 2. The summed E-state index contributed by atoms with van der Waals surface area (Å²) < 4.78 is 15.7. The second kappa shape index (κ2) is 9.10. The van der Waals surface area contributed by atoms with Gasteiger partial charge in [-0.3, -0.25) is 4.79 Å². The number of rotatable bonds is 7. The lowest BCUT2D eigenvalue weighted by Crippen LogP contribution is -2.46. The molecule has 1 fully saturated rings. The molecule has 1 rings (SSSR count). The molecule has 1 aliphatic rings. The molecule has 1 atom stereocenters. The lowest BCUT2D eigenvalue weighted by Gasteiger charge is -2.33. The molecule has 22 heavy (non-hydrogen) atoms. The number of amides is 1. The molecule has 6 nitrogen and oxygen atoms in total. The molecule has 0 aromatic heterocycles. The molecular formula is C16H29NO5. The fourth-order valence-electron chi connectivity index (χ4n) is 2.33. The molecule has 1 aliphatic heterocycles. The first-order valence-corrected chi connectivity index (χ1v) is 7.91. The van der Waals surface area contributed by atoms with Gasteiger partial charge in [0.1, 0.15) is 11.4 Å². The smallest absolute Gasteiger partial charge is 0.410 e. The minimum absolute atomic E-state index is 0.104. The van der Waals surface area contributed by atoms with Crippen molar-refractivity contribution >= 4 is 11.9 Å². The standard InChI is InChI=1S/C16H29NO5/c1-16(2,3)22-15(19)17-8-7-14(18)13(12-17)6-5-9-21-11-10-20-4/h13H,5-12H2,1-4H3. The van der Waals surface area contributed by atoms with E-state index in [0.29, 0.717) is 39.3 Å². The van der Waals surface area contributed by atoms with Crippen LogP contribution in [0.4, 0.5) is 4.79 Å². The van der Waals surface area contributed by atoms with Crippen molar-refractivity contribution in [1.29, 1.82) is 0 Å². The van der Waals surface area contributed by atoms with Gasteiger partial charge in [0, 0.05) is 39.1 Å². The van der Waals surface area contributed by atoms with Gasteiger partial charge in [-0.15, -0.1) is 0 Å². The van der Waals surface area contributed by atoms with E-state index in [1.807, 2.05) is 20.8 Å². The number of ketones is 1. The number of likely N-dealkylation sites (tertiary alicyclic amines) is 1. The predicted molar refractivity (Wildman–Crippen MR) is 82.9 cm³/mol. The van der Waals surface area contributed by atoms with Crippen molar-refractivity contribution in [3.05, 3.63) is 0 Å². The SMILES string of the molecule is COCCOCCCC1CN(C(=O)OC(C)(C)C)CCC1=O. The molecule has 0 saturated carbocycles. The Morgan fingerprint density at radius 1 is 1.27 bits per heavy atom. The van der Waals surface area contributed by atoms with Gasteiger partial charge < -0.3 is 19.1 Å². The summed E-state index contributed by atoms with van der Waals surface area (Å²) in [6.07, 6.45) is 1.63. The normalized spacial score (nSPS) is 19.4. The van der Waals surface area contributed by atoms with Gasteiger partial charge in [-0.05, 0) is 33.6 Å². The van der Waals surface area contributed by atoms with Crippen LogP contribution in [-0.4, -0.2) is 62.4 Å². The van der Waals surface area contributed by atoms with Crippen LogP contribution in [0.1, 0.15) is 40.0 Å². The first kappa shape index (κ1) is 18.9. The number of carbonyl (C=O) groups excluding carboxylic acids is 2. The van der Waals surface area contributed by atoms with Crippen LogP contribution in [0.15, 0.2) is 0 Å². The highest BCUT2D eigenvalue weighted by atomic mass is 16.6. The van der Waals surface area contributed by atoms with Crippen molar-refractivity contribution in [1.82, 2.24) is 4.90 Å². The average molecular weight is 315 g/mol. The maximum atomic E-state index is 12.1. The second-order valence-electron chi connectivity index (χ2n) is 6.59. The quantitative estimate of drug-likeness (QED) is 0.674. The molecule has 0 aliphatic carbocycles. The van der Waals surface area contributed by atoms with Gasteiger partial charge in [0.05, 0.1) is 13.2 Å². The van der Waals surface area contributed by atoms with Crippen LogP contribution < -0.4 is 0 Å². The van der Waals surface area contributed by atoms with Crippen molar-refractivity contribution in [2.24, 2.45) is 5.92 Å². The molecule has 6 heteroatoms. The largest absolute Gasteiger partial charge is 0.444 e. The highest BCUT2D eigenvalue weighted by Crippen LogP contribution is 2.20. The van der Waals surface area contributed by atoms with E-state index in [1.54, 1.807) is 12.0 Å². The summed E-state index contributed by atoms with van der Waals surface area (Å²) in [5.41, 5.74) is -0.511. The number of Topliss-reactive ketones (excluding diaryl/α,β-unsaturated/α-hetero) is 1. The lowest BCUT2D eigenvalue weighted by atomic mass is 9.92. The number of piperidine rings is 1. The summed E-state index contributed by atoms with van der Waals surface area (Å²) >= 11 is 0. The summed E-state index contributed by atoms with van der Waals surface area (Å²) in [5.74, 6) is 0.129.